The SMILES string of the molecule is CCCCOc1ccc([C@@H](O)C(CN2CC[C@H](O)C2)NC(=O)CCCCCCCOC)cc1. The first-order chi connectivity index (χ1) is 16.0. The number of ether oxygens (including phenoxy) is 2. The number of carbonyl (C=O) groups excluding carboxylic acids is 1. The molecule has 33 heavy (non-hydrogen) atoms. The number of unbranched alkanes of at least 4 members (excludes halogenated alkanes) is 5. The van der Waals surface area contributed by atoms with E-state index in [0.29, 0.717) is 26.1 Å². The Balaban J connectivity index is 1.89. The molecule has 7 heteroatoms. The third kappa shape index (κ3) is 10.9. The summed E-state index contributed by atoms with van der Waals surface area (Å²) in [7, 11) is 1.72. The Kier molecular flexibility index (Phi) is 13.4. The monoisotopic (exact) mass is 464 g/mol. The Morgan fingerprint density at radius 1 is 1.12 bits per heavy atom. The maximum atomic E-state index is 12.6. The molecule has 3 atom stereocenters. The van der Waals surface area contributed by atoms with Crippen LogP contribution in [0.3, 0.4) is 0 Å². The van der Waals surface area contributed by atoms with Gasteiger partial charge in [-0.15, -0.1) is 0 Å². The number of β-amino-alcohol motifs (C(OH)–C–C–N with tert-alkyl or cyclic N) is 1. The average Bonchev–Trinajstić information content (AvgIpc) is 3.22. The average molecular weight is 465 g/mol. The van der Waals surface area contributed by atoms with Gasteiger partial charge in [-0.3, -0.25) is 9.69 Å². The highest BCUT2D eigenvalue weighted by Gasteiger charge is 2.28. The van der Waals surface area contributed by atoms with Crippen molar-refractivity contribution in [1.29, 1.82) is 0 Å². The zero-order chi connectivity index (χ0) is 23.9. The number of benzene rings is 1. The fourth-order valence-electron chi connectivity index (χ4n) is 4.15. The first-order valence-electron chi connectivity index (χ1n) is 12.6. The predicted octanol–water partition coefficient (Wildman–Crippen LogP) is 3.44. The molecule has 2 rings (SSSR count). The lowest BCUT2D eigenvalue weighted by Gasteiger charge is -2.29. The standard InChI is InChI=1S/C26H44N2O5/c1-3-4-18-33-23-13-11-21(12-14-23)26(31)24(20-28-16-15-22(29)19-28)27-25(30)10-8-6-5-7-9-17-32-2/h11-14,22,24,26,29,31H,3-10,15-20H2,1-2H3,(H,27,30)/t22-,24?,26+/m0/s1. The fraction of sp³-hybridized carbons (Fsp3) is 0.731. The van der Waals surface area contributed by atoms with Crippen LogP contribution in [0.5, 0.6) is 5.75 Å². The summed E-state index contributed by atoms with van der Waals surface area (Å²) >= 11 is 0. The highest BCUT2D eigenvalue weighted by Crippen LogP contribution is 2.23. The lowest BCUT2D eigenvalue weighted by molar-refractivity contribution is -0.123. The van der Waals surface area contributed by atoms with Crippen LogP contribution in [0.2, 0.25) is 0 Å². The van der Waals surface area contributed by atoms with Crippen molar-refractivity contribution >= 4 is 5.91 Å². The van der Waals surface area contributed by atoms with E-state index < -0.39 is 12.1 Å². The van der Waals surface area contributed by atoms with Crippen LogP contribution in [0, 0.1) is 0 Å². The van der Waals surface area contributed by atoms with Crippen LogP contribution in [0.25, 0.3) is 0 Å². The number of aliphatic hydroxyl groups excluding tert-OH is 2. The molecule has 1 fully saturated rings. The molecule has 0 radical (unpaired) electrons. The van der Waals surface area contributed by atoms with E-state index in [-0.39, 0.29) is 12.0 Å². The highest BCUT2D eigenvalue weighted by atomic mass is 16.5. The highest BCUT2D eigenvalue weighted by molar-refractivity contribution is 5.76. The predicted molar refractivity (Wildman–Crippen MR) is 130 cm³/mol. The number of carbonyl (C=O) groups is 1. The number of hydrogen-bond acceptors (Lipinski definition) is 6. The van der Waals surface area contributed by atoms with Crippen LogP contribution in [-0.4, -0.2) is 73.1 Å². The van der Waals surface area contributed by atoms with Crippen molar-refractivity contribution in [3.63, 3.8) is 0 Å². The minimum absolute atomic E-state index is 0.0322. The molecule has 1 aliphatic heterocycles. The molecule has 7 nitrogen and oxygen atoms in total. The third-order valence-corrected chi connectivity index (χ3v) is 6.17. The van der Waals surface area contributed by atoms with Gasteiger partial charge in [0.15, 0.2) is 0 Å². The number of likely N-dealkylation sites (tertiary alicyclic amines) is 1. The number of hydrogen-bond donors (Lipinski definition) is 3. The number of amides is 1. The van der Waals surface area contributed by atoms with Gasteiger partial charge in [0.2, 0.25) is 5.91 Å². The topological polar surface area (TPSA) is 91.3 Å². The molecule has 1 unspecified atom stereocenters. The molecule has 1 aromatic carbocycles. The van der Waals surface area contributed by atoms with E-state index >= 15 is 0 Å². The summed E-state index contributed by atoms with van der Waals surface area (Å²) in [6.45, 7) is 5.45. The van der Waals surface area contributed by atoms with Gasteiger partial charge in [0.1, 0.15) is 11.9 Å². The van der Waals surface area contributed by atoms with Gasteiger partial charge >= 0.3 is 0 Å². The van der Waals surface area contributed by atoms with E-state index in [9.17, 15) is 15.0 Å². The van der Waals surface area contributed by atoms with Crippen molar-refractivity contribution < 1.29 is 24.5 Å². The lowest BCUT2D eigenvalue weighted by atomic mass is 10.0. The second-order valence-electron chi connectivity index (χ2n) is 9.10. The normalized spacial score (nSPS) is 18.2. The molecular weight excluding hydrogens is 420 g/mol. The number of nitrogens with one attached hydrogen (secondary N) is 1. The van der Waals surface area contributed by atoms with Crippen molar-refractivity contribution in [1.82, 2.24) is 10.2 Å². The van der Waals surface area contributed by atoms with E-state index in [2.05, 4.69) is 17.1 Å². The van der Waals surface area contributed by atoms with Gasteiger partial charge in [-0.2, -0.15) is 0 Å². The summed E-state index contributed by atoms with van der Waals surface area (Å²) in [6, 6.07) is 7.04. The molecule has 1 aliphatic rings. The molecular formula is C26H44N2O5. The molecule has 1 amide bonds. The second kappa shape index (κ2) is 16.0. The summed E-state index contributed by atoms with van der Waals surface area (Å²) in [6.07, 6.45) is 7.24. The summed E-state index contributed by atoms with van der Waals surface area (Å²) < 4.78 is 10.8. The van der Waals surface area contributed by atoms with Crippen molar-refractivity contribution in [2.24, 2.45) is 0 Å². The Bertz CT molecular complexity index is 655. The summed E-state index contributed by atoms with van der Waals surface area (Å²) in [5.74, 6) is 0.753. The van der Waals surface area contributed by atoms with Crippen LogP contribution in [0.4, 0.5) is 0 Å². The molecule has 0 aliphatic carbocycles. The molecule has 1 saturated heterocycles. The molecule has 3 N–H and O–H groups in total. The number of aliphatic hydroxyl groups is 2. The largest absolute Gasteiger partial charge is 0.494 e. The van der Waals surface area contributed by atoms with Gasteiger partial charge in [0.05, 0.1) is 18.8 Å². The molecule has 0 saturated carbocycles. The van der Waals surface area contributed by atoms with Crippen molar-refractivity contribution in [2.45, 2.75) is 83.0 Å². The van der Waals surface area contributed by atoms with Crippen LogP contribution in [0.15, 0.2) is 24.3 Å². The van der Waals surface area contributed by atoms with Crippen molar-refractivity contribution in [3.8, 4) is 5.75 Å². The Morgan fingerprint density at radius 2 is 1.85 bits per heavy atom. The van der Waals surface area contributed by atoms with Gasteiger partial charge in [-0.05, 0) is 43.4 Å². The molecule has 188 valence electrons. The van der Waals surface area contributed by atoms with Gasteiger partial charge < -0.3 is 25.0 Å². The Hall–Kier alpha value is -1.67. The maximum absolute atomic E-state index is 12.6. The Labute approximate surface area is 199 Å². The zero-order valence-corrected chi connectivity index (χ0v) is 20.5. The van der Waals surface area contributed by atoms with E-state index in [0.717, 1.165) is 75.8 Å². The Morgan fingerprint density at radius 3 is 2.52 bits per heavy atom. The summed E-state index contributed by atoms with van der Waals surface area (Å²) in [5, 5.41) is 24.0. The number of nitrogens with zero attached hydrogens (tertiary/aromatic N) is 1. The van der Waals surface area contributed by atoms with E-state index in [1.165, 1.54) is 0 Å². The smallest absolute Gasteiger partial charge is 0.220 e. The molecule has 0 spiro atoms. The minimum atomic E-state index is -0.828. The summed E-state index contributed by atoms with van der Waals surface area (Å²) in [4.78, 5) is 14.7. The van der Waals surface area contributed by atoms with Crippen LogP contribution in [-0.2, 0) is 9.53 Å². The van der Waals surface area contributed by atoms with E-state index in [4.69, 9.17) is 9.47 Å². The van der Waals surface area contributed by atoms with E-state index in [1.807, 2.05) is 24.3 Å². The molecule has 0 aromatic heterocycles. The minimum Gasteiger partial charge on any atom is -0.494 e. The molecule has 0 bridgehead atoms. The van der Waals surface area contributed by atoms with Gasteiger partial charge in [0.25, 0.3) is 0 Å². The zero-order valence-electron chi connectivity index (χ0n) is 20.5. The first-order valence-corrected chi connectivity index (χ1v) is 12.6. The van der Waals surface area contributed by atoms with Gasteiger partial charge in [-0.25, -0.2) is 0 Å². The fourth-order valence-corrected chi connectivity index (χ4v) is 4.15. The number of rotatable bonds is 17. The second-order valence-corrected chi connectivity index (χ2v) is 9.10. The quantitative estimate of drug-likeness (QED) is 0.306. The maximum Gasteiger partial charge on any atom is 0.220 e. The van der Waals surface area contributed by atoms with Crippen LogP contribution >= 0.6 is 0 Å². The van der Waals surface area contributed by atoms with E-state index in [1.54, 1.807) is 7.11 Å². The van der Waals surface area contributed by atoms with Gasteiger partial charge in [-0.1, -0.05) is 44.7 Å². The van der Waals surface area contributed by atoms with Crippen molar-refractivity contribution in [3.05, 3.63) is 29.8 Å². The van der Waals surface area contributed by atoms with Gasteiger partial charge in [0, 0.05) is 39.8 Å². The number of methoxy groups -OCH3 is 1. The van der Waals surface area contributed by atoms with Crippen molar-refractivity contribution in [2.75, 3.05) is 40.0 Å². The molecule has 1 aromatic rings. The summed E-state index contributed by atoms with van der Waals surface area (Å²) in [5.41, 5.74) is 0.751. The van der Waals surface area contributed by atoms with Crippen LogP contribution < -0.4 is 10.1 Å². The first kappa shape index (κ1) is 27.6. The third-order valence-electron chi connectivity index (χ3n) is 6.17. The van der Waals surface area contributed by atoms with Crippen LogP contribution in [0.1, 0.15) is 76.4 Å². The molecule has 1 heterocycles. The lowest BCUT2D eigenvalue weighted by Crippen LogP contribution is -2.47.